The van der Waals surface area contributed by atoms with Crippen molar-refractivity contribution in [3.05, 3.63) is 41.2 Å². The Hall–Kier alpha value is -2.12. The molecule has 1 heterocycles. The maximum Gasteiger partial charge on any atom is 0.254 e. The normalized spacial score (nSPS) is 11.1. The maximum atomic E-state index is 12.2. The molecule has 0 unspecified atom stereocenters. The highest BCUT2D eigenvalue weighted by atomic mass is 35.5. The first-order valence-corrected chi connectivity index (χ1v) is 6.09. The first-order chi connectivity index (χ1) is 8.94. The fraction of sp³-hybridized carbons (Fsp3) is 0.214. The van der Waals surface area contributed by atoms with Gasteiger partial charge in [-0.3, -0.25) is 4.79 Å². The molecule has 5 heteroatoms. The number of aromatic nitrogens is 1. The summed E-state index contributed by atoms with van der Waals surface area (Å²) in [5.41, 5.74) is -0.527. The molecule has 19 heavy (non-hydrogen) atoms. The number of halogens is 1. The number of hydrogen-bond donors (Lipinski definition) is 1. The Morgan fingerprint density at radius 3 is 2.63 bits per heavy atom. The van der Waals surface area contributed by atoms with Gasteiger partial charge in [-0.15, -0.1) is 0 Å². The van der Waals surface area contributed by atoms with Gasteiger partial charge in [-0.25, -0.2) is 4.98 Å². The number of nitrogens with one attached hydrogen (secondary N) is 1. The van der Waals surface area contributed by atoms with E-state index in [-0.39, 0.29) is 5.91 Å². The lowest BCUT2D eigenvalue weighted by atomic mass is 10.0. The largest absolute Gasteiger partial charge is 0.334 e. The van der Waals surface area contributed by atoms with E-state index in [0.29, 0.717) is 21.5 Å². The van der Waals surface area contributed by atoms with E-state index < -0.39 is 5.54 Å². The van der Waals surface area contributed by atoms with Crippen molar-refractivity contribution < 1.29 is 4.79 Å². The van der Waals surface area contributed by atoms with Crippen LogP contribution in [0.5, 0.6) is 0 Å². The van der Waals surface area contributed by atoms with Crippen molar-refractivity contribution in [1.82, 2.24) is 10.3 Å². The highest BCUT2D eigenvalue weighted by molar-refractivity contribution is 6.34. The predicted octanol–water partition coefficient (Wildman–Crippen LogP) is 2.92. The van der Waals surface area contributed by atoms with Crippen LogP contribution in [-0.4, -0.2) is 16.4 Å². The number of benzene rings is 1. The number of carbonyl (C=O) groups is 1. The molecule has 1 aromatic carbocycles. The summed E-state index contributed by atoms with van der Waals surface area (Å²) in [5, 5.41) is 13.4. The predicted molar refractivity (Wildman–Crippen MR) is 73.9 cm³/mol. The van der Waals surface area contributed by atoms with Crippen molar-refractivity contribution in [3.8, 4) is 6.07 Å². The monoisotopic (exact) mass is 273 g/mol. The molecule has 96 valence electrons. The second-order valence-electron chi connectivity index (χ2n) is 4.70. The number of amides is 1. The van der Waals surface area contributed by atoms with Gasteiger partial charge >= 0.3 is 0 Å². The van der Waals surface area contributed by atoms with Crippen LogP contribution in [0.4, 0.5) is 0 Å². The van der Waals surface area contributed by atoms with Gasteiger partial charge in [-0.2, -0.15) is 5.26 Å². The van der Waals surface area contributed by atoms with Gasteiger partial charge in [-0.1, -0.05) is 35.9 Å². The lowest BCUT2D eigenvalue weighted by molar-refractivity contribution is 0.0930. The molecule has 0 aliphatic rings. The van der Waals surface area contributed by atoms with E-state index in [4.69, 9.17) is 16.9 Å². The molecule has 2 rings (SSSR count). The van der Waals surface area contributed by atoms with Crippen LogP contribution >= 0.6 is 11.6 Å². The Morgan fingerprint density at radius 1 is 1.37 bits per heavy atom. The minimum atomic E-state index is -0.933. The second kappa shape index (κ2) is 4.87. The fourth-order valence-corrected chi connectivity index (χ4v) is 1.93. The Kier molecular flexibility index (Phi) is 3.41. The molecule has 1 N–H and O–H groups in total. The SMILES string of the molecule is CC(C)(C#N)NC(=O)c1cnc(Cl)c2ccccc12. The van der Waals surface area contributed by atoms with E-state index in [0.717, 1.165) is 0 Å². The molecule has 0 bridgehead atoms. The van der Waals surface area contributed by atoms with Crippen LogP contribution in [0, 0.1) is 11.3 Å². The Labute approximate surface area is 116 Å². The average molecular weight is 274 g/mol. The van der Waals surface area contributed by atoms with E-state index >= 15 is 0 Å². The molecular weight excluding hydrogens is 262 g/mol. The van der Waals surface area contributed by atoms with Crippen molar-refractivity contribution in [2.24, 2.45) is 0 Å². The van der Waals surface area contributed by atoms with Crippen LogP contribution in [0.2, 0.25) is 5.15 Å². The third kappa shape index (κ3) is 2.67. The lowest BCUT2D eigenvalue weighted by Gasteiger charge is -2.18. The standard InChI is InChI=1S/C14H12ClN3O/c1-14(2,8-16)18-13(19)11-7-17-12(15)10-6-4-3-5-9(10)11/h3-7H,1-2H3,(H,18,19). The highest BCUT2D eigenvalue weighted by Crippen LogP contribution is 2.24. The molecule has 0 atom stereocenters. The quantitative estimate of drug-likeness (QED) is 0.856. The average Bonchev–Trinajstić information content (AvgIpc) is 2.39. The summed E-state index contributed by atoms with van der Waals surface area (Å²) < 4.78 is 0. The molecule has 0 saturated heterocycles. The summed E-state index contributed by atoms with van der Waals surface area (Å²) in [6.45, 7) is 3.27. The van der Waals surface area contributed by atoms with E-state index in [1.165, 1.54) is 6.20 Å². The van der Waals surface area contributed by atoms with Gasteiger partial charge in [0.2, 0.25) is 0 Å². The number of nitrogens with zero attached hydrogens (tertiary/aromatic N) is 2. The summed E-state index contributed by atoms with van der Waals surface area (Å²) in [6, 6.07) is 9.28. The molecule has 0 aliphatic heterocycles. The van der Waals surface area contributed by atoms with Crippen LogP contribution in [0.3, 0.4) is 0 Å². The second-order valence-corrected chi connectivity index (χ2v) is 5.06. The summed E-state index contributed by atoms with van der Waals surface area (Å²) >= 11 is 6.00. The Morgan fingerprint density at radius 2 is 2.00 bits per heavy atom. The Balaban J connectivity index is 2.50. The van der Waals surface area contributed by atoms with Crippen LogP contribution < -0.4 is 5.32 Å². The zero-order valence-electron chi connectivity index (χ0n) is 10.6. The van der Waals surface area contributed by atoms with Gasteiger partial charge in [-0.05, 0) is 19.2 Å². The zero-order valence-corrected chi connectivity index (χ0v) is 11.3. The number of hydrogen-bond acceptors (Lipinski definition) is 3. The van der Waals surface area contributed by atoms with Crippen molar-refractivity contribution >= 4 is 28.3 Å². The first-order valence-electron chi connectivity index (χ1n) is 5.71. The van der Waals surface area contributed by atoms with Gasteiger partial charge in [0, 0.05) is 11.6 Å². The molecular formula is C14H12ClN3O. The first kappa shape index (κ1) is 13.3. The van der Waals surface area contributed by atoms with E-state index in [1.54, 1.807) is 26.0 Å². The van der Waals surface area contributed by atoms with Gasteiger partial charge in [0.25, 0.3) is 5.91 Å². The zero-order chi connectivity index (χ0) is 14.0. The summed E-state index contributed by atoms with van der Waals surface area (Å²) in [6.07, 6.45) is 1.42. The summed E-state index contributed by atoms with van der Waals surface area (Å²) in [4.78, 5) is 16.2. The molecule has 1 aromatic heterocycles. The Bertz CT molecular complexity index is 689. The third-order valence-electron chi connectivity index (χ3n) is 2.70. The van der Waals surface area contributed by atoms with Gasteiger partial charge < -0.3 is 5.32 Å². The molecule has 2 aromatic rings. The fourth-order valence-electron chi connectivity index (χ4n) is 1.72. The van der Waals surface area contributed by atoms with Crippen LogP contribution in [-0.2, 0) is 0 Å². The molecule has 0 aliphatic carbocycles. The van der Waals surface area contributed by atoms with Crippen molar-refractivity contribution in [2.45, 2.75) is 19.4 Å². The van der Waals surface area contributed by atoms with Gasteiger partial charge in [0.05, 0.1) is 11.6 Å². The minimum absolute atomic E-state index is 0.341. The van der Waals surface area contributed by atoms with Crippen molar-refractivity contribution in [2.75, 3.05) is 0 Å². The molecule has 0 fully saturated rings. The number of nitriles is 1. The van der Waals surface area contributed by atoms with E-state index in [9.17, 15) is 4.79 Å². The lowest BCUT2D eigenvalue weighted by Crippen LogP contribution is -2.42. The van der Waals surface area contributed by atoms with Gasteiger partial charge in [0.15, 0.2) is 0 Å². The number of pyridine rings is 1. The summed E-state index contributed by atoms with van der Waals surface area (Å²) in [7, 11) is 0. The topological polar surface area (TPSA) is 65.8 Å². The third-order valence-corrected chi connectivity index (χ3v) is 3.00. The number of rotatable bonds is 2. The molecule has 1 amide bonds. The maximum absolute atomic E-state index is 12.2. The summed E-state index contributed by atoms with van der Waals surface area (Å²) in [5.74, 6) is -0.341. The van der Waals surface area contributed by atoms with Crippen LogP contribution in [0.15, 0.2) is 30.5 Å². The minimum Gasteiger partial charge on any atom is -0.334 e. The highest BCUT2D eigenvalue weighted by Gasteiger charge is 2.22. The van der Waals surface area contributed by atoms with E-state index in [1.807, 2.05) is 18.2 Å². The van der Waals surface area contributed by atoms with E-state index in [2.05, 4.69) is 10.3 Å². The van der Waals surface area contributed by atoms with Crippen molar-refractivity contribution in [3.63, 3.8) is 0 Å². The smallest absolute Gasteiger partial charge is 0.254 e. The van der Waals surface area contributed by atoms with Crippen molar-refractivity contribution in [1.29, 1.82) is 5.26 Å². The van der Waals surface area contributed by atoms with Gasteiger partial charge in [0.1, 0.15) is 10.7 Å². The molecule has 0 spiro atoms. The van der Waals surface area contributed by atoms with Crippen LogP contribution in [0.25, 0.3) is 10.8 Å². The number of carbonyl (C=O) groups excluding carboxylic acids is 1. The molecule has 4 nitrogen and oxygen atoms in total. The molecule has 0 radical (unpaired) electrons. The molecule has 0 saturated carbocycles. The van der Waals surface area contributed by atoms with Crippen LogP contribution in [0.1, 0.15) is 24.2 Å². The number of fused-ring (bicyclic) bond motifs is 1.